The third kappa shape index (κ3) is 5.23. The van der Waals surface area contributed by atoms with E-state index in [1.54, 1.807) is 12.1 Å². The van der Waals surface area contributed by atoms with Crippen LogP contribution in [-0.4, -0.2) is 38.1 Å². The molecule has 130 valence electrons. The molecule has 1 unspecified atom stereocenters. The first-order valence-electron chi connectivity index (χ1n) is 8.72. The maximum Gasteiger partial charge on any atom is 0.257 e. The summed E-state index contributed by atoms with van der Waals surface area (Å²) < 4.78 is 5.51. The summed E-state index contributed by atoms with van der Waals surface area (Å²) in [6.45, 7) is 2.80. The summed E-state index contributed by atoms with van der Waals surface area (Å²) in [4.78, 5) is 23.6. The summed E-state index contributed by atoms with van der Waals surface area (Å²) in [7, 11) is 0. The molecule has 1 saturated heterocycles. The van der Waals surface area contributed by atoms with Crippen molar-refractivity contribution in [1.82, 2.24) is 10.6 Å². The van der Waals surface area contributed by atoms with Gasteiger partial charge in [0.1, 0.15) is 5.75 Å². The van der Waals surface area contributed by atoms with Crippen molar-refractivity contribution < 1.29 is 14.3 Å². The Balaban J connectivity index is 1.37. The van der Waals surface area contributed by atoms with Gasteiger partial charge in [0.25, 0.3) is 5.91 Å². The van der Waals surface area contributed by atoms with Crippen LogP contribution in [0.1, 0.15) is 25.7 Å². The van der Waals surface area contributed by atoms with Gasteiger partial charge in [-0.05, 0) is 56.8 Å². The zero-order valence-corrected chi connectivity index (χ0v) is 13.8. The van der Waals surface area contributed by atoms with Gasteiger partial charge in [0, 0.05) is 24.2 Å². The molecule has 3 rings (SSSR count). The highest BCUT2D eigenvalue weighted by Crippen LogP contribution is 2.30. The highest BCUT2D eigenvalue weighted by molar-refractivity contribution is 5.94. The van der Waals surface area contributed by atoms with Gasteiger partial charge in [-0.1, -0.05) is 6.07 Å². The molecule has 24 heavy (non-hydrogen) atoms. The van der Waals surface area contributed by atoms with Crippen molar-refractivity contribution in [3.8, 4) is 5.75 Å². The molecule has 0 spiro atoms. The number of hydrogen-bond donors (Lipinski definition) is 3. The van der Waals surface area contributed by atoms with E-state index >= 15 is 0 Å². The van der Waals surface area contributed by atoms with E-state index in [9.17, 15) is 9.59 Å². The Bertz CT molecular complexity index is 581. The summed E-state index contributed by atoms with van der Waals surface area (Å²) >= 11 is 0. The van der Waals surface area contributed by atoms with Crippen molar-refractivity contribution >= 4 is 17.5 Å². The minimum atomic E-state index is -0.117. The van der Waals surface area contributed by atoms with Gasteiger partial charge in [-0.2, -0.15) is 0 Å². The number of ether oxygens (including phenoxy) is 1. The number of anilines is 1. The smallest absolute Gasteiger partial charge is 0.257 e. The minimum absolute atomic E-state index is 0.0110. The van der Waals surface area contributed by atoms with Crippen LogP contribution in [0, 0.1) is 11.8 Å². The fraction of sp³-hybridized carbons (Fsp3) is 0.556. The molecule has 1 aliphatic heterocycles. The molecule has 2 aliphatic rings. The molecule has 0 bridgehead atoms. The molecule has 6 nitrogen and oxygen atoms in total. The van der Waals surface area contributed by atoms with E-state index in [1.165, 1.54) is 6.42 Å². The average Bonchev–Trinajstić information content (AvgIpc) is 3.31. The van der Waals surface area contributed by atoms with Gasteiger partial charge in [-0.15, -0.1) is 0 Å². The number of carbonyl (C=O) groups excluding carboxylic acids is 2. The van der Waals surface area contributed by atoms with Crippen molar-refractivity contribution in [3.05, 3.63) is 24.3 Å². The van der Waals surface area contributed by atoms with E-state index in [0.717, 1.165) is 32.4 Å². The van der Waals surface area contributed by atoms with Crippen LogP contribution in [0.2, 0.25) is 0 Å². The number of benzene rings is 1. The van der Waals surface area contributed by atoms with Gasteiger partial charge >= 0.3 is 0 Å². The van der Waals surface area contributed by atoms with Gasteiger partial charge in [-0.25, -0.2) is 0 Å². The third-order valence-corrected chi connectivity index (χ3v) is 4.46. The Morgan fingerprint density at radius 3 is 2.88 bits per heavy atom. The summed E-state index contributed by atoms with van der Waals surface area (Å²) in [6, 6.07) is 7.16. The first-order chi connectivity index (χ1) is 11.7. The lowest BCUT2D eigenvalue weighted by atomic mass is 10.1. The number of hydrogen-bond acceptors (Lipinski definition) is 4. The Morgan fingerprint density at radius 1 is 1.25 bits per heavy atom. The molecule has 3 N–H and O–H groups in total. The zero-order chi connectivity index (χ0) is 16.8. The molecule has 1 aromatic rings. The summed E-state index contributed by atoms with van der Waals surface area (Å²) in [5.74, 6) is 1.35. The van der Waals surface area contributed by atoms with Crippen LogP contribution in [0.25, 0.3) is 0 Å². The molecule has 1 saturated carbocycles. The maximum atomic E-state index is 11.8. The minimum Gasteiger partial charge on any atom is -0.484 e. The lowest BCUT2D eigenvalue weighted by Gasteiger charge is -2.11. The van der Waals surface area contributed by atoms with E-state index < -0.39 is 0 Å². The fourth-order valence-electron chi connectivity index (χ4n) is 2.83. The summed E-state index contributed by atoms with van der Waals surface area (Å²) in [5.41, 5.74) is 0.707. The second kappa shape index (κ2) is 8.15. The molecule has 0 aromatic heterocycles. The monoisotopic (exact) mass is 331 g/mol. The van der Waals surface area contributed by atoms with Crippen molar-refractivity contribution in [2.45, 2.75) is 25.7 Å². The topological polar surface area (TPSA) is 79.5 Å². The molecule has 1 heterocycles. The van der Waals surface area contributed by atoms with E-state index in [0.29, 0.717) is 23.9 Å². The second-order valence-corrected chi connectivity index (χ2v) is 6.58. The third-order valence-electron chi connectivity index (χ3n) is 4.46. The van der Waals surface area contributed by atoms with Gasteiger partial charge < -0.3 is 20.7 Å². The first kappa shape index (κ1) is 16.8. The van der Waals surface area contributed by atoms with Gasteiger partial charge in [0.2, 0.25) is 5.91 Å². The van der Waals surface area contributed by atoms with Crippen LogP contribution in [0.15, 0.2) is 24.3 Å². The molecular formula is C18H25N3O3. The molecule has 6 heteroatoms. The number of carbonyl (C=O) groups is 2. The SMILES string of the molecule is O=C(COc1cccc(NC(=O)C2CC2)c1)NCCC1CCNC1. The van der Waals surface area contributed by atoms with Crippen molar-refractivity contribution in [1.29, 1.82) is 0 Å². The first-order valence-corrected chi connectivity index (χ1v) is 8.72. The van der Waals surface area contributed by atoms with Crippen LogP contribution >= 0.6 is 0 Å². The predicted molar refractivity (Wildman–Crippen MR) is 91.9 cm³/mol. The molecule has 2 fully saturated rings. The number of nitrogens with one attached hydrogen (secondary N) is 3. The highest BCUT2D eigenvalue weighted by Gasteiger charge is 2.29. The maximum absolute atomic E-state index is 11.8. The Kier molecular flexibility index (Phi) is 5.69. The normalized spacial score (nSPS) is 19.8. The van der Waals surface area contributed by atoms with Crippen molar-refractivity contribution in [2.75, 3.05) is 31.6 Å². The predicted octanol–water partition coefficient (Wildman–Crippen LogP) is 1.53. The van der Waals surface area contributed by atoms with E-state index in [-0.39, 0.29) is 24.3 Å². The van der Waals surface area contributed by atoms with Crippen LogP contribution < -0.4 is 20.7 Å². The Labute approximate surface area is 142 Å². The van der Waals surface area contributed by atoms with Gasteiger partial charge in [0.05, 0.1) is 0 Å². The standard InChI is InChI=1S/C18H25N3O3/c22-17(20-9-7-13-6-8-19-11-13)12-24-16-3-1-2-15(10-16)21-18(23)14-4-5-14/h1-3,10,13-14,19H,4-9,11-12H2,(H,20,22)(H,21,23). The molecule has 2 amide bonds. The lowest BCUT2D eigenvalue weighted by Crippen LogP contribution is -2.30. The quantitative estimate of drug-likeness (QED) is 0.675. The summed E-state index contributed by atoms with van der Waals surface area (Å²) in [6.07, 6.45) is 4.13. The summed E-state index contributed by atoms with van der Waals surface area (Å²) in [5, 5.41) is 9.08. The van der Waals surface area contributed by atoms with Crippen molar-refractivity contribution in [2.24, 2.45) is 11.8 Å². The Morgan fingerprint density at radius 2 is 2.12 bits per heavy atom. The van der Waals surface area contributed by atoms with Crippen LogP contribution in [0.3, 0.4) is 0 Å². The number of amides is 2. The zero-order valence-electron chi connectivity index (χ0n) is 13.8. The fourth-order valence-corrected chi connectivity index (χ4v) is 2.83. The van der Waals surface area contributed by atoms with Gasteiger partial charge in [0.15, 0.2) is 6.61 Å². The van der Waals surface area contributed by atoms with Crippen LogP contribution in [0.4, 0.5) is 5.69 Å². The molecule has 1 aliphatic carbocycles. The van der Waals surface area contributed by atoms with Crippen LogP contribution in [-0.2, 0) is 9.59 Å². The molecule has 1 aromatic carbocycles. The second-order valence-electron chi connectivity index (χ2n) is 6.58. The average molecular weight is 331 g/mol. The number of rotatable bonds is 8. The largest absolute Gasteiger partial charge is 0.484 e. The lowest BCUT2D eigenvalue weighted by molar-refractivity contribution is -0.123. The highest BCUT2D eigenvalue weighted by atomic mass is 16.5. The van der Waals surface area contributed by atoms with E-state index in [2.05, 4.69) is 16.0 Å². The van der Waals surface area contributed by atoms with Gasteiger partial charge in [-0.3, -0.25) is 9.59 Å². The van der Waals surface area contributed by atoms with Crippen LogP contribution in [0.5, 0.6) is 5.75 Å². The molecular weight excluding hydrogens is 306 g/mol. The molecule has 0 radical (unpaired) electrons. The Hall–Kier alpha value is -2.08. The van der Waals surface area contributed by atoms with E-state index in [1.807, 2.05) is 12.1 Å². The molecule has 1 atom stereocenters. The van der Waals surface area contributed by atoms with Crippen molar-refractivity contribution in [3.63, 3.8) is 0 Å². The van der Waals surface area contributed by atoms with E-state index in [4.69, 9.17) is 4.74 Å².